The maximum atomic E-state index is 11.8. The molecule has 6 heteroatoms. The second kappa shape index (κ2) is 9.17. The quantitative estimate of drug-likeness (QED) is 0.539. The second-order valence-corrected chi connectivity index (χ2v) is 5.04. The van der Waals surface area contributed by atoms with Gasteiger partial charge in [-0.25, -0.2) is 9.59 Å². The van der Waals surface area contributed by atoms with Crippen LogP contribution in [0.15, 0.2) is 24.3 Å². The summed E-state index contributed by atoms with van der Waals surface area (Å²) in [5.41, 5.74) is 0.818. The highest BCUT2D eigenvalue weighted by atomic mass is 16.5. The molecule has 22 heavy (non-hydrogen) atoms. The molecule has 0 unspecified atom stereocenters. The Balaban J connectivity index is 2.55. The summed E-state index contributed by atoms with van der Waals surface area (Å²) in [4.78, 5) is 27.4. The van der Waals surface area contributed by atoms with Crippen molar-refractivity contribution in [3.63, 3.8) is 0 Å². The highest BCUT2D eigenvalue weighted by Gasteiger charge is 2.11. The molecule has 0 saturated heterocycles. The fourth-order valence-electron chi connectivity index (χ4n) is 1.43. The molecule has 1 aromatic rings. The zero-order valence-corrected chi connectivity index (χ0v) is 13.7. The number of nitrogens with zero attached hydrogens (tertiary/aromatic N) is 2. The van der Waals surface area contributed by atoms with Gasteiger partial charge in [0, 0.05) is 0 Å². The van der Waals surface area contributed by atoms with Crippen LogP contribution < -0.4 is 0 Å². The van der Waals surface area contributed by atoms with E-state index in [0.29, 0.717) is 11.1 Å². The molecule has 0 heterocycles. The number of esters is 2. The van der Waals surface area contributed by atoms with Gasteiger partial charge in [-0.2, -0.15) is 0 Å². The fourth-order valence-corrected chi connectivity index (χ4v) is 1.43. The van der Waals surface area contributed by atoms with Crippen LogP contribution >= 0.6 is 0 Å². The van der Waals surface area contributed by atoms with Crippen LogP contribution in [0.4, 0.5) is 0 Å². The lowest BCUT2D eigenvalue weighted by Gasteiger charge is -2.14. The van der Waals surface area contributed by atoms with Gasteiger partial charge in [0.25, 0.3) is 0 Å². The van der Waals surface area contributed by atoms with Gasteiger partial charge in [-0.05, 0) is 51.5 Å². The zero-order valence-electron chi connectivity index (χ0n) is 13.7. The molecule has 0 aliphatic carbocycles. The van der Waals surface area contributed by atoms with Gasteiger partial charge in [-0.15, -0.1) is 0 Å². The molecular weight excluding hydrogens is 284 g/mol. The van der Waals surface area contributed by atoms with Crippen molar-refractivity contribution >= 4 is 11.9 Å². The largest absolute Gasteiger partial charge is 0.446 e. The minimum absolute atomic E-state index is 0.239. The van der Waals surface area contributed by atoms with Gasteiger partial charge in [-0.3, -0.25) is 9.80 Å². The molecule has 0 spiro atoms. The third-order valence-corrected chi connectivity index (χ3v) is 3.27. The first-order valence-corrected chi connectivity index (χ1v) is 7.29. The number of rotatable bonds is 8. The summed E-state index contributed by atoms with van der Waals surface area (Å²) >= 11 is 0. The van der Waals surface area contributed by atoms with E-state index in [2.05, 4.69) is 0 Å². The molecular formula is C16H24N2O4. The SMILES string of the molecule is CCN(C)COC(=O)c1ccc(C(=O)OCN(C)CC)cc1. The van der Waals surface area contributed by atoms with Gasteiger partial charge in [0.1, 0.15) is 13.5 Å². The Hall–Kier alpha value is -1.92. The number of carbonyl (C=O) groups excluding carboxylic acids is 2. The molecule has 0 aromatic heterocycles. The van der Waals surface area contributed by atoms with Crippen molar-refractivity contribution in [3.05, 3.63) is 35.4 Å². The maximum Gasteiger partial charge on any atom is 0.339 e. The molecule has 0 bridgehead atoms. The first kappa shape index (κ1) is 18.1. The number of carbonyl (C=O) groups is 2. The summed E-state index contributed by atoms with van der Waals surface area (Å²) in [6.45, 7) is 6.02. The van der Waals surface area contributed by atoms with Crippen LogP contribution in [-0.4, -0.2) is 62.4 Å². The minimum atomic E-state index is -0.411. The summed E-state index contributed by atoms with van der Waals surface area (Å²) in [5.74, 6) is -0.822. The van der Waals surface area contributed by atoms with E-state index >= 15 is 0 Å². The average molecular weight is 308 g/mol. The smallest absolute Gasteiger partial charge is 0.339 e. The van der Waals surface area contributed by atoms with Gasteiger partial charge in [0.05, 0.1) is 11.1 Å². The van der Waals surface area contributed by atoms with Gasteiger partial charge < -0.3 is 9.47 Å². The van der Waals surface area contributed by atoms with Crippen molar-refractivity contribution in [2.24, 2.45) is 0 Å². The van der Waals surface area contributed by atoms with E-state index in [1.54, 1.807) is 24.3 Å². The monoisotopic (exact) mass is 308 g/mol. The van der Waals surface area contributed by atoms with Crippen molar-refractivity contribution in [2.75, 3.05) is 40.6 Å². The van der Waals surface area contributed by atoms with Crippen molar-refractivity contribution in [1.29, 1.82) is 0 Å². The van der Waals surface area contributed by atoms with E-state index in [-0.39, 0.29) is 13.5 Å². The van der Waals surface area contributed by atoms with Gasteiger partial charge >= 0.3 is 11.9 Å². The summed E-state index contributed by atoms with van der Waals surface area (Å²) in [5, 5.41) is 0. The van der Waals surface area contributed by atoms with E-state index in [0.717, 1.165) is 13.1 Å². The Morgan fingerprint density at radius 2 is 1.14 bits per heavy atom. The number of hydrogen-bond donors (Lipinski definition) is 0. The molecule has 0 fully saturated rings. The summed E-state index contributed by atoms with van der Waals surface area (Å²) in [7, 11) is 3.72. The highest BCUT2D eigenvalue weighted by molar-refractivity contribution is 5.93. The maximum absolute atomic E-state index is 11.8. The second-order valence-electron chi connectivity index (χ2n) is 5.04. The van der Waals surface area contributed by atoms with Crippen LogP contribution in [0.2, 0.25) is 0 Å². The Kier molecular flexibility index (Phi) is 7.56. The Morgan fingerprint density at radius 3 is 1.41 bits per heavy atom. The van der Waals surface area contributed by atoms with E-state index < -0.39 is 11.9 Å². The lowest BCUT2D eigenvalue weighted by Crippen LogP contribution is -2.24. The van der Waals surface area contributed by atoms with Crippen molar-refractivity contribution in [2.45, 2.75) is 13.8 Å². The Labute approximate surface area is 131 Å². The molecule has 0 aliphatic heterocycles. The van der Waals surface area contributed by atoms with Crippen molar-refractivity contribution < 1.29 is 19.1 Å². The molecule has 0 amide bonds. The third kappa shape index (κ3) is 5.83. The number of ether oxygens (including phenoxy) is 2. The molecule has 0 saturated carbocycles. The van der Waals surface area contributed by atoms with Gasteiger partial charge in [0.15, 0.2) is 0 Å². The van der Waals surface area contributed by atoms with Crippen molar-refractivity contribution in [1.82, 2.24) is 9.80 Å². The summed E-state index contributed by atoms with van der Waals surface area (Å²) in [6, 6.07) is 6.26. The first-order valence-electron chi connectivity index (χ1n) is 7.29. The normalized spacial score (nSPS) is 10.8. The van der Waals surface area contributed by atoms with Gasteiger partial charge in [0.2, 0.25) is 0 Å². The fraction of sp³-hybridized carbons (Fsp3) is 0.500. The Morgan fingerprint density at radius 1 is 0.818 bits per heavy atom. The Bertz CT molecular complexity index is 442. The standard InChI is InChI=1S/C16H24N2O4/c1-5-17(3)11-21-15(19)13-7-9-14(10-8-13)16(20)22-12-18(4)6-2/h7-10H,5-6,11-12H2,1-4H3. The van der Waals surface area contributed by atoms with Crippen LogP contribution in [0.25, 0.3) is 0 Å². The molecule has 0 aliphatic rings. The molecule has 1 rings (SSSR count). The van der Waals surface area contributed by atoms with E-state index in [1.165, 1.54) is 0 Å². The zero-order chi connectivity index (χ0) is 16.5. The molecule has 122 valence electrons. The van der Waals surface area contributed by atoms with E-state index in [1.807, 2.05) is 37.7 Å². The predicted octanol–water partition coefficient (Wildman–Crippen LogP) is 1.82. The first-order chi connectivity index (χ1) is 10.5. The summed E-state index contributed by atoms with van der Waals surface area (Å²) in [6.07, 6.45) is 0. The highest BCUT2D eigenvalue weighted by Crippen LogP contribution is 2.08. The van der Waals surface area contributed by atoms with E-state index in [4.69, 9.17) is 9.47 Å². The van der Waals surface area contributed by atoms with Crippen molar-refractivity contribution in [3.8, 4) is 0 Å². The lowest BCUT2D eigenvalue weighted by atomic mass is 10.1. The van der Waals surface area contributed by atoms with Crippen LogP contribution in [0.5, 0.6) is 0 Å². The topological polar surface area (TPSA) is 59.1 Å². The van der Waals surface area contributed by atoms with E-state index in [9.17, 15) is 9.59 Å². The van der Waals surface area contributed by atoms with Crippen LogP contribution in [-0.2, 0) is 9.47 Å². The minimum Gasteiger partial charge on any atom is -0.446 e. The third-order valence-electron chi connectivity index (χ3n) is 3.27. The predicted molar refractivity (Wildman–Crippen MR) is 83.6 cm³/mol. The average Bonchev–Trinajstić information content (AvgIpc) is 2.56. The molecule has 1 aromatic carbocycles. The molecule has 0 atom stereocenters. The summed E-state index contributed by atoms with van der Waals surface area (Å²) < 4.78 is 10.3. The number of benzene rings is 1. The molecule has 6 nitrogen and oxygen atoms in total. The lowest BCUT2D eigenvalue weighted by molar-refractivity contribution is 0.0271. The molecule has 0 radical (unpaired) electrons. The molecule has 0 N–H and O–H groups in total. The van der Waals surface area contributed by atoms with Crippen LogP contribution in [0.1, 0.15) is 34.6 Å². The number of hydrogen-bond acceptors (Lipinski definition) is 6. The van der Waals surface area contributed by atoms with Gasteiger partial charge in [-0.1, -0.05) is 13.8 Å². The van der Waals surface area contributed by atoms with Crippen LogP contribution in [0.3, 0.4) is 0 Å². The van der Waals surface area contributed by atoms with Crippen LogP contribution in [0, 0.1) is 0 Å².